The van der Waals surface area contributed by atoms with Gasteiger partial charge in [0, 0.05) is 39.6 Å². The number of hydrogen-bond acceptors (Lipinski definition) is 8. The molecule has 2 aliphatic carbocycles. The lowest BCUT2D eigenvalue weighted by molar-refractivity contribution is 0.131. The molecule has 1 aromatic rings. The van der Waals surface area contributed by atoms with Crippen LogP contribution >= 0.6 is 0 Å². The second kappa shape index (κ2) is 23.3. The van der Waals surface area contributed by atoms with Crippen LogP contribution in [0.5, 0.6) is 0 Å². The summed E-state index contributed by atoms with van der Waals surface area (Å²) in [6.07, 6.45) is 9.05. The Hall–Kier alpha value is -1.10. The van der Waals surface area contributed by atoms with Gasteiger partial charge >= 0.3 is 0 Å². The van der Waals surface area contributed by atoms with Crippen LogP contribution < -0.4 is 0 Å². The first-order valence-electron chi connectivity index (χ1n) is 13.0. The van der Waals surface area contributed by atoms with Crippen molar-refractivity contribution in [2.24, 2.45) is 23.7 Å². The number of unbranched alkanes of at least 4 members (excludes halogenated alkanes) is 1. The molecule has 0 aliphatic heterocycles. The normalized spacial score (nSPS) is 23.2. The Bertz CT molecular complexity index is 512. The summed E-state index contributed by atoms with van der Waals surface area (Å²) < 4.78 is 0. The van der Waals surface area contributed by atoms with E-state index >= 15 is 0 Å². The number of aliphatic hydroxyl groups excluding tert-OH is 8. The molecular formula is C27H50O8. The van der Waals surface area contributed by atoms with Gasteiger partial charge in [0.05, 0.1) is 13.2 Å². The van der Waals surface area contributed by atoms with Crippen molar-refractivity contribution in [2.75, 3.05) is 39.6 Å². The van der Waals surface area contributed by atoms with Gasteiger partial charge in [0.25, 0.3) is 0 Å². The molecule has 0 spiro atoms. The quantitative estimate of drug-likeness (QED) is 0.236. The lowest BCUT2D eigenvalue weighted by Crippen LogP contribution is -2.19. The van der Waals surface area contributed by atoms with Crippen molar-refractivity contribution in [3.05, 3.63) is 35.4 Å². The summed E-state index contributed by atoms with van der Waals surface area (Å²) in [5.74, 6) is 1.98. The van der Waals surface area contributed by atoms with Crippen molar-refractivity contribution in [3.8, 4) is 0 Å². The van der Waals surface area contributed by atoms with E-state index in [1.165, 1.54) is 0 Å². The Morgan fingerprint density at radius 1 is 0.457 bits per heavy atom. The van der Waals surface area contributed by atoms with Crippen LogP contribution in [0.25, 0.3) is 0 Å². The molecular weight excluding hydrogens is 452 g/mol. The summed E-state index contributed by atoms with van der Waals surface area (Å²) in [7, 11) is 0. The first kappa shape index (κ1) is 33.9. The third-order valence-corrected chi connectivity index (χ3v) is 6.60. The second-order valence-electron chi connectivity index (χ2n) is 9.45. The third kappa shape index (κ3) is 17.1. The highest BCUT2D eigenvalue weighted by molar-refractivity contribution is 5.21. The van der Waals surface area contributed by atoms with Crippen LogP contribution in [0, 0.1) is 23.7 Å². The molecule has 2 fully saturated rings. The Kier molecular flexibility index (Phi) is 22.6. The van der Waals surface area contributed by atoms with Gasteiger partial charge < -0.3 is 40.9 Å². The van der Waals surface area contributed by atoms with Crippen LogP contribution in [-0.2, 0) is 13.2 Å². The maximum atomic E-state index is 8.79. The summed E-state index contributed by atoms with van der Waals surface area (Å²) >= 11 is 0. The molecule has 2 unspecified atom stereocenters. The van der Waals surface area contributed by atoms with E-state index in [1.54, 1.807) is 24.3 Å². The van der Waals surface area contributed by atoms with Gasteiger partial charge in [-0.1, -0.05) is 24.3 Å². The molecule has 0 radical (unpaired) electrons. The minimum Gasteiger partial charge on any atom is -0.396 e. The second-order valence-corrected chi connectivity index (χ2v) is 9.45. The van der Waals surface area contributed by atoms with Gasteiger partial charge in [0.2, 0.25) is 0 Å². The van der Waals surface area contributed by atoms with Crippen molar-refractivity contribution >= 4 is 0 Å². The molecule has 3 rings (SSSR count). The van der Waals surface area contributed by atoms with Crippen LogP contribution in [0.4, 0.5) is 0 Å². The van der Waals surface area contributed by atoms with E-state index in [1.807, 2.05) is 0 Å². The van der Waals surface area contributed by atoms with Gasteiger partial charge in [-0.05, 0) is 92.6 Å². The van der Waals surface area contributed by atoms with Crippen molar-refractivity contribution in [3.63, 3.8) is 0 Å². The fraction of sp³-hybridized carbons (Fsp3) is 0.778. The fourth-order valence-corrected chi connectivity index (χ4v) is 4.08. The maximum Gasteiger partial charge on any atom is 0.0681 e. The number of rotatable bonds is 9. The van der Waals surface area contributed by atoms with Gasteiger partial charge in [-0.15, -0.1) is 0 Å². The summed E-state index contributed by atoms with van der Waals surface area (Å²) in [4.78, 5) is 0. The third-order valence-electron chi connectivity index (χ3n) is 6.60. The number of benzene rings is 1. The van der Waals surface area contributed by atoms with Crippen molar-refractivity contribution in [1.82, 2.24) is 0 Å². The minimum absolute atomic E-state index is 0.0612. The van der Waals surface area contributed by atoms with Gasteiger partial charge in [-0.25, -0.2) is 0 Å². The van der Waals surface area contributed by atoms with Gasteiger partial charge in [-0.2, -0.15) is 0 Å². The molecule has 8 nitrogen and oxygen atoms in total. The number of hydrogen-bond donors (Lipinski definition) is 8. The molecule has 0 amide bonds. The molecule has 2 aliphatic rings. The molecule has 2 atom stereocenters. The van der Waals surface area contributed by atoms with Crippen LogP contribution in [0.1, 0.15) is 68.9 Å². The average molecular weight is 503 g/mol. The minimum atomic E-state index is 0.0612. The van der Waals surface area contributed by atoms with Crippen LogP contribution in [0.15, 0.2) is 24.3 Å². The van der Waals surface area contributed by atoms with E-state index in [4.69, 9.17) is 40.9 Å². The van der Waals surface area contributed by atoms with E-state index in [9.17, 15) is 0 Å². The standard InChI is InChI=1S/C8H16O2.C8H10O2.C7H14O2.C4H10O2/c2*9-5-7-1-2-8(6-10)4-3-7;8-4-6-1-2-7(3-6)5-9;5-3-1-2-4-6/h7-10H,1-6H2;1-4,9-10H,5-6H2;6-9H,1-5H2;5-6H,1-4H2. The SMILES string of the molecule is OCC1CCC(CO)C1.OCC1CCC(CO)CC1.OCCCCO.OCc1ccc(CO)cc1. The highest BCUT2D eigenvalue weighted by Gasteiger charge is 2.22. The highest BCUT2D eigenvalue weighted by atomic mass is 16.3. The monoisotopic (exact) mass is 502 g/mol. The van der Waals surface area contributed by atoms with Crippen LogP contribution in [0.3, 0.4) is 0 Å². The molecule has 206 valence electrons. The summed E-state index contributed by atoms with van der Waals surface area (Å²) in [5.41, 5.74) is 1.74. The molecule has 1 aromatic carbocycles. The van der Waals surface area contributed by atoms with Gasteiger partial charge in [-0.3, -0.25) is 0 Å². The van der Waals surface area contributed by atoms with E-state index in [0.29, 0.717) is 50.1 Å². The van der Waals surface area contributed by atoms with Crippen molar-refractivity contribution in [1.29, 1.82) is 0 Å². The molecule has 0 saturated heterocycles. The predicted octanol–water partition coefficient (Wildman–Crippen LogP) is 1.59. The van der Waals surface area contributed by atoms with Crippen LogP contribution in [0.2, 0.25) is 0 Å². The highest BCUT2D eigenvalue weighted by Crippen LogP contribution is 2.29. The zero-order valence-electron chi connectivity index (χ0n) is 21.2. The Morgan fingerprint density at radius 3 is 0.943 bits per heavy atom. The van der Waals surface area contributed by atoms with Crippen LogP contribution in [-0.4, -0.2) is 80.5 Å². The summed E-state index contributed by atoms with van der Waals surface area (Å²) in [6, 6.07) is 7.19. The smallest absolute Gasteiger partial charge is 0.0681 e. The number of aliphatic hydroxyl groups is 8. The zero-order valence-corrected chi connectivity index (χ0v) is 21.2. The fourth-order valence-electron chi connectivity index (χ4n) is 4.08. The Labute approximate surface area is 210 Å². The van der Waals surface area contributed by atoms with Gasteiger partial charge in [0.15, 0.2) is 0 Å². The molecule has 8 N–H and O–H groups in total. The van der Waals surface area contributed by atoms with Crippen molar-refractivity contribution in [2.45, 2.75) is 71.0 Å². The predicted molar refractivity (Wildman–Crippen MR) is 136 cm³/mol. The Morgan fingerprint density at radius 2 is 0.743 bits per heavy atom. The Balaban J connectivity index is 0.000000448. The summed E-state index contributed by atoms with van der Waals surface area (Å²) in [6.45, 7) is 1.78. The maximum absolute atomic E-state index is 8.79. The lowest BCUT2D eigenvalue weighted by Gasteiger charge is -2.25. The average Bonchev–Trinajstić information content (AvgIpc) is 3.41. The largest absolute Gasteiger partial charge is 0.396 e. The first-order valence-corrected chi connectivity index (χ1v) is 13.0. The summed E-state index contributed by atoms with van der Waals surface area (Å²) in [5, 5.41) is 68.4. The van der Waals surface area contributed by atoms with E-state index < -0.39 is 0 Å². The van der Waals surface area contributed by atoms with E-state index in [-0.39, 0.29) is 26.4 Å². The molecule has 35 heavy (non-hydrogen) atoms. The molecule has 8 heteroatoms. The van der Waals surface area contributed by atoms with Crippen molar-refractivity contribution < 1.29 is 40.9 Å². The first-order chi connectivity index (χ1) is 17.0. The lowest BCUT2D eigenvalue weighted by atomic mass is 9.83. The molecule has 2 saturated carbocycles. The molecule has 0 bridgehead atoms. The van der Waals surface area contributed by atoms with E-state index in [0.717, 1.165) is 68.9 Å². The van der Waals surface area contributed by atoms with Gasteiger partial charge in [0.1, 0.15) is 0 Å². The molecule has 0 heterocycles. The van der Waals surface area contributed by atoms with E-state index in [2.05, 4.69) is 0 Å². The zero-order chi connectivity index (χ0) is 26.3. The molecule has 0 aromatic heterocycles. The topological polar surface area (TPSA) is 162 Å².